The van der Waals surface area contributed by atoms with Gasteiger partial charge in [0.1, 0.15) is 5.69 Å². The van der Waals surface area contributed by atoms with E-state index >= 15 is 0 Å². The SMILES string of the molecule is CCOC(=O)c1c(C)c(-c2ccccc2)nn1C. The first kappa shape index (κ1) is 12.4. The quantitative estimate of drug-likeness (QED) is 0.779. The van der Waals surface area contributed by atoms with E-state index in [0.29, 0.717) is 12.3 Å². The number of hydrogen-bond acceptors (Lipinski definition) is 3. The molecule has 0 amide bonds. The van der Waals surface area contributed by atoms with E-state index in [-0.39, 0.29) is 5.97 Å². The molecule has 94 valence electrons. The first-order chi connectivity index (χ1) is 8.65. The van der Waals surface area contributed by atoms with Crippen LogP contribution in [0.4, 0.5) is 0 Å². The molecular weight excluding hydrogens is 228 g/mol. The molecule has 0 bridgehead atoms. The Morgan fingerprint density at radius 3 is 2.61 bits per heavy atom. The average Bonchev–Trinajstić information content (AvgIpc) is 2.66. The van der Waals surface area contributed by atoms with Crippen LogP contribution in [0.5, 0.6) is 0 Å². The van der Waals surface area contributed by atoms with Crippen molar-refractivity contribution in [3.63, 3.8) is 0 Å². The van der Waals surface area contributed by atoms with Gasteiger partial charge in [0.15, 0.2) is 0 Å². The molecule has 4 heteroatoms. The maximum Gasteiger partial charge on any atom is 0.356 e. The van der Waals surface area contributed by atoms with Crippen molar-refractivity contribution in [1.82, 2.24) is 9.78 Å². The van der Waals surface area contributed by atoms with Crippen LogP contribution in [0, 0.1) is 6.92 Å². The minimum atomic E-state index is -0.327. The maximum absolute atomic E-state index is 11.8. The van der Waals surface area contributed by atoms with E-state index in [4.69, 9.17) is 4.74 Å². The standard InChI is InChI=1S/C14H16N2O2/c1-4-18-14(17)13-10(2)12(15-16(13)3)11-8-6-5-7-9-11/h5-9H,4H2,1-3H3. The average molecular weight is 244 g/mol. The second kappa shape index (κ2) is 5.04. The fourth-order valence-electron chi connectivity index (χ4n) is 1.98. The molecule has 1 aromatic carbocycles. The first-order valence-electron chi connectivity index (χ1n) is 5.91. The molecule has 0 aliphatic rings. The molecule has 0 unspecified atom stereocenters. The van der Waals surface area contributed by atoms with Crippen molar-refractivity contribution in [2.75, 3.05) is 6.61 Å². The second-order valence-electron chi connectivity index (χ2n) is 4.03. The summed E-state index contributed by atoms with van der Waals surface area (Å²) in [5.74, 6) is -0.327. The molecule has 0 atom stereocenters. The molecule has 2 aromatic rings. The predicted molar refractivity (Wildman–Crippen MR) is 69.3 cm³/mol. The molecular formula is C14H16N2O2. The van der Waals surface area contributed by atoms with Gasteiger partial charge in [-0.05, 0) is 13.8 Å². The van der Waals surface area contributed by atoms with Crippen molar-refractivity contribution < 1.29 is 9.53 Å². The minimum absolute atomic E-state index is 0.327. The Bertz CT molecular complexity index is 559. The summed E-state index contributed by atoms with van der Waals surface area (Å²) in [5, 5.41) is 4.40. The second-order valence-corrected chi connectivity index (χ2v) is 4.03. The molecule has 2 rings (SSSR count). The van der Waals surface area contributed by atoms with Gasteiger partial charge in [-0.3, -0.25) is 4.68 Å². The lowest BCUT2D eigenvalue weighted by molar-refractivity contribution is 0.0513. The van der Waals surface area contributed by atoms with Gasteiger partial charge in [0.2, 0.25) is 0 Å². The third kappa shape index (κ3) is 2.14. The molecule has 1 heterocycles. The van der Waals surface area contributed by atoms with Crippen LogP contribution in [0.3, 0.4) is 0 Å². The van der Waals surface area contributed by atoms with E-state index in [1.165, 1.54) is 0 Å². The van der Waals surface area contributed by atoms with Crippen molar-refractivity contribution in [3.8, 4) is 11.3 Å². The number of ether oxygens (including phenoxy) is 1. The Hall–Kier alpha value is -2.10. The van der Waals surface area contributed by atoms with Gasteiger partial charge in [0.05, 0.1) is 12.3 Å². The summed E-state index contributed by atoms with van der Waals surface area (Å²) < 4.78 is 6.62. The summed E-state index contributed by atoms with van der Waals surface area (Å²) in [6.07, 6.45) is 0. The van der Waals surface area contributed by atoms with Gasteiger partial charge in [-0.2, -0.15) is 5.10 Å². The van der Waals surface area contributed by atoms with Gasteiger partial charge in [-0.15, -0.1) is 0 Å². The zero-order chi connectivity index (χ0) is 13.1. The highest BCUT2D eigenvalue weighted by Gasteiger charge is 2.20. The largest absolute Gasteiger partial charge is 0.461 e. The highest BCUT2D eigenvalue weighted by atomic mass is 16.5. The number of benzene rings is 1. The molecule has 0 radical (unpaired) electrons. The van der Waals surface area contributed by atoms with E-state index in [9.17, 15) is 4.79 Å². The lowest BCUT2D eigenvalue weighted by atomic mass is 10.1. The fraction of sp³-hybridized carbons (Fsp3) is 0.286. The summed E-state index contributed by atoms with van der Waals surface area (Å²) in [7, 11) is 1.76. The van der Waals surface area contributed by atoms with E-state index < -0.39 is 0 Å². The fourth-order valence-corrected chi connectivity index (χ4v) is 1.98. The van der Waals surface area contributed by atoms with Crippen molar-refractivity contribution in [3.05, 3.63) is 41.6 Å². The number of carbonyl (C=O) groups is 1. The summed E-state index contributed by atoms with van der Waals surface area (Å²) in [6.45, 7) is 4.05. The van der Waals surface area contributed by atoms with Crippen LogP contribution in [0.15, 0.2) is 30.3 Å². The van der Waals surface area contributed by atoms with Gasteiger partial charge in [-0.1, -0.05) is 30.3 Å². The Morgan fingerprint density at radius 2 is 2.00 bits per heavy atom. The molecule has 0 saturated carbocycles. The van der Waals surface area contributed by atoms with Gasteiger partial charge in [0, 0.05) is 18.2 Å². The van der Waals surface area contributed by atoms with Crippen molar-refractivity contribution in [2.24, 2.45) is 7.05 Å². The van der Waals surface area contributed by atoms with Crippen LogP contribution in [0.25, 0.3) is 11.3 Å². The summed E-state index contributed by atoms with van der Waals surface area (Å²) in [5.41, 5.74) is 3.18. The molecule has 0 aliphatic carbocycles. The smallest absolute Gasteiger partial charge is 0.356 e. The Kier molecular flexibility index (Phi) is 3.46. The third-order valence-corrected chi connectivity index (χ3v) is 2.80. The third-order valence-electron chi connectivity index (χ3n) is 2.80. The Morgan fingerprint density at radius 1 is 1.33 bits per heavy atom. The summed E-state index contributed by atoms with van der Waals surface area (Å²) >= 11 is 0. The topological polar surface area (TPSA) is 44.1 Å². The van der Waals surface area contributed by atoms with E-state index in [0.717, 1.165) is 16.8 Å². The first-order valence-corrected chi connectivity index (χ1v) is 5.91. The molecule has 0 saturated heterocycles. The zero-order valence-corrected chi connectivity index (χ0v) is 10.8. The predicted octanol–water partition coefficient (Wildman–Crippen LogP) is 2.57. The molecule has 0 N–H and O–H groups in total. The number of nitrogens with zero attached hydrogens (tertiary/aromatic N) is 2. The summed E-state index contributed by atoms with van der Waals surface area (Å²) in [4.78, 5) is 11.8. The maximum atomic E-state index is 11.8. The van der Waals surface area contributed by atoms with E-state index in [2.05, 4.69) is 5.10 Å². The van der Waals surface area contributed by atoms with Crippen molar-refractivity contribution >= 4 is 5.97 Å². The number of esters is 1. The van der Waals surface area contributed by atoms with Crippen molar-refractivity contribution in [1.29, 1.82) is 0 Å². The normalized spacial score (nSPS) is 10.4. The van der Waals surface area contributed by atoms with Crippen molar-refractivity contribution in [2.45, 2.75) is 13.8 Å². The molecule has 1 aromatic heterocycles. The molecule has 4 nitrogen and oxygen atoms in total. The molecule has 0 fully saturated rings. The Labute approximate surface area is 106 Å². The van der Waals surface area contributed by atoms with Gasteiger partial charge >= 0.3 is 5.97 Å². The van der Waals surface area contributed by atoms with Crippen LogP contribution in [0.2, 0.25) is 0 Å². The molecule has 0 aliphatic heterocycles. The van der Waals surface area contributed by atoms with Crippen LogP contribution in [0.1, 0.15) is 23.0 Å². The van der Waals surface area contributed by atoms with Crippen LogP contribution in [-0.4, -0.2) is 22.4 Å². The molecule has 0 spiro atoms. The van der Waals surface area contributed by atoms with E-state index in [1.54, 1.807) is 18.7 Å². The Balaban J connectivity index is 2.47. The summed E-state index contributed by atoms with van der Waals surface area (Å²) in [6, 6.07) is 9.81. The number of hydrogen-bond donors (Lipinski definition) is 0. The highest BCUT2D eigenvalue weighted by Crippen LogP contribution is 2.24. The van der Waals surface area contributed by atoms with Crippen LogP contribution in [-0.2, 0) is 11.8 Å². The van der Waals surface area contributed by atoms with Gasteiger partial charge in [-0.25, -0.2) is 4.79 Å². The number of aryl methyl sites for hydroxylation is 1. The molecule has 18 heavy (non-hydrogen) atoms. The van der Waals surface area contributed by atoms with Gasteiger partial charge in [0.25, 0.3) is 0 Å². The lowest BCUT2D eigenvalue weighted by Gasteiger charge is -2.02. The lowest BCUT2D eigenvalue weighted by Crippen LogP contribution is -2.11. The van der Waals surface area contributed by atoms with Gasteiger partial charge < -0.3 is 4.74 Å². The highest BCUT2D eigenvalue weighted by molar-refractivity contribution is 5.91. The van der Waals surface area contributed by atoms with Crippen LogP contribution >= 0.6 is 0 Å². The zero-order valence-electron chi connectivity index (χ0n) is 10.8. The van der Waals surface area contributed by atoms with E-state index in [1.807, 2.05) is 37.3 Å². The number of carbonyl (C=O) groups excluding carboxylic acids is 1. The monoisotopic (exact) mass is 244 g/mol. The number of rotatable bonds is 3. The minimum Gasteiger partial charge on any atom is -0.461 e. The number of aromatic nitrogens is 2. The van der Waals surface area contributed by atoms with Crippen LogP contribution < -0.4 is 0 Å².